The molecular formula is C21H25BrN2O3. The molecule has 3 rings (SSSR count). The summed E-state index contributed by atoms with van der Waals surface area (Å²) in [6.07, 6.45) is 2.24. The van der Waals surface area contributed by atoms with Gasteiger partial charge in [0.25, 0.3) is 0 Å². The van der Waals surface area contributed by atoms with Gasteiger partial charge in [0.2, 0.25) is 5.91 Å². The second-order valence-electron chi connectivity index (χ2n) is 6.71. The summed E-state index contributed by atoms with van der Waals surface area (Å²) in [6, 6.07) is 11.3. The maximum atomic E-state index is 13.3. The van der Waals surface area contributed by atoms with Crippen LogP contribution in [-0.4, -0.2) is 38.1 Å². The lowest BCUT2D eigenvalue weighted by atomic mass is 10.0. The zero-order valence-corrected chi connectivity index (χ0v) is 17.5. The van der Waals surface area contributed by atoms with Crippen molar-refractivity contribution in [1.29, 1.82) is 0 Å². The Morgan fingerprint density at radius 1 is 1.11 bits per heavy atom. The van der Waals surface area contributed by atoms with E-state index in [2.05, 4.69) is 26.1 Å². The van der Waals surface area contributed by atoms with Gasteiger partial charge in [-0.2, -0.15) is 0 Å². The smallest absolute Gasteiger partial charge is 0.246 e. The molecule has 144 valence electrons. The predicted molar refractivity (Wildman–Crippen MR) is 111 cm³/mol. The van der Waals surface area contributed by atoms with E-state index < -0.39 is 0 Å². The fourth-order valence-electron chi connectivity index (χ4n) is 3.52. The summed E-state index contributed by atoms with van der Waals surface area (Å²) in [5.41, 5.74) is 2.65. The minimum atomic E-state index is -0.322. The van der Waals surface area contributed by atoms with Crippen molar-refractivity contribution < 1.29 is 14.3 Å². The van der Waals surface area contributed by atoms with E-state index >= 15 is 0 Å². The summed E-state index contributed by atoms with van der Waals surface area (Å²) in [6.45, 7) is 3.80. The SMILES string of the molecule is COc1cc(C)c(NC(=O)C(c2cccc(Br)c2)N2CCCC2)cc1OC. The summed E-state index contributed by atoms with van der Waals surface area (Å²) in [5.74, 6) is 1.21. The molecule has 6 heteroatoms. The fraction of sp³-hybridized carbons (Fsp3) is 0.381. The highest BCUT2D eigenvalue weighted by Gasteiger charge is 2.30. The first kappa shape index (κ1) is 19.7. The van der Waals surface area contributed by atoms with E-state index in [9.17, 15) is 4.79 Å². The van der Waals surface area contributed by atoms with Crippen LogP contribution < -0.4 is 14.8 Å². The first-order valence-corrected chi connectivity index (χ1v) is 9.85. The number of hydrogen-bond donors (Lipinski definition) is 1. The van der Waals surface area contributed by atoms with Crippen LogP contribution in [0.15, 0.2) is 40.9 Å². The number of likely N-dealkylation sites (tertiary alicyclic amines) is 1. The van der Waals surface area contributed by atoms with Gasteiger partial charge in [-0.15, -0.1) is 0 Å². The number of ether oxygens (including phenoxy) is 2. The van der Waals surface area contributed by atoms with Gasteiger partial charge in [0.15, 0.2) is 11.5 Å². The highest BCUT2D eigenvalue weighted by Crippen LogP contribution is 2.34. The van der Waals surface area contributed by atoms with Crippen LogP contribution >= 0.6 is 15.9 Å². The molecule has 5 nitrogen and oxygen atoms in total. The fourth-order valence-corrected chi connectivity index (χ4v) is 3.94. The van der Waals surface area contributed by atoms with Crippen molar-refractivity contribution in [3.05, 3.63) is 52.0 Å². The van der Waals surface area contributed by atoms with Gasteiger partial charge in [-0.1, -0.05) is 28.1 Å². The molecule has 0 aliphatic carbocycles. The first-order valence-electron chi connectivity index (χ1n) is 9.06. The van der Waals surface area contributed by atoms with E-state index in [0.717, 1.165) is 47.2 Å². The topological polar surface area (TPSA) is 50.8 Å². The Balaban J connectivity index is 1.91. The summed E-state index contributed by atoms with van der Waals surface area (Å²) in [5, 5.41) is 3.10. The van der Waals surface area contributed by atoms with Crippen LogP contribution in [0, 0.1) is 6.92 Å². The van der Waals surface area contributed by atoms with E-state index in [4.69, 9.17) is 9.47 Å². The third-order valence-corrected chi connectivity index (χ3v) is 5.40. The summed E-state index contributed by atoms with van der Waals surface area (Å²) >= 11 is 3.52. The van der Waals surface area contributed by atoms with Gasteiger partial charge in [-0.05, 0) is 62.2 Å². The molecule has 1 atom stereocenters. The predicted octanol–water partition coefficient (Wildman–Crippen LogP) is 4.55. The van der Waals surface area contributed by atoms with Crippen molar-refractivity contribution >= 4 is 27.5 Å². The van der Waals surface area contributed by atoms with E-state index in [-0.39, 0.29) is 11.9 Å². The first-order chi connectivity index (χ1) is 13.0. The number of rotatable bonds is 6. The number of aryl methyl sites for hydroxylation is 1. The molecule has 1 N–H and O–H groups in total. The van der Waals surface area contributed by atoms with Gasteiger partial charge >= 0.3 is 0 Å². The highest BCUT2D eigenvalue weighted by molar-refractivity contribution is 9.10. The zero-order chi connectivity index (χ0) is 19.4. The van der Waals surface area contributed by atoms with Gasteiger partial charge in [0.05, 0.1) is 14.2 Å². The molecule has 1 aliphatic heterocycles. The molecule has 0 radical (unpaired) electrons. The van der Waals surface area contributed by atoms with Crippen molar-refractivity contribution in [2.45, 2.75) is 25.8 Å². The molecule has 1 fully saturated rings. The van der Waals surface area contributed by atoms with Gasteiger partial charge < -0.3 is 14.8 Å². The standard InChI is InChI=1S/C21H25BrN2O3/c1-14-11-18(26-2)19(27-3)13-17(14)23-21(25)20(24-9-4-5-10-24)15-7-6-8-16(22)12-15/h6-8,11-13,20H,4-5,9-10H2,1-3H3,(H,23,25). The van der Waals surface area contributed by atoms with Gasteiger partial charge in [-0.25, -0.2) is 0 Å². The van der Waals surface area contributed by atoms with Crippen molar-refractivity contribution in [1.82, 2.24) is 4.90 Å². The normalized spacial score (nSPS) is 15.4. The van der Waals surface area contributed by atoms with Crippen LogP contribution in [0.4, 0.5) is 5.69 Å². The largest absolute Gasteiger partial charge is 0.493 e. The molecule has 0 spiro atoms. The summed E-state index contributed by atoms with van der Waals surface area (Å²) < 4.78 is 11.7. The maximum absolute atomic E-state index is 13.3. The second-order valence-corrected chi connectivity index (χ2v) is 7.63. The van der Waals surface area contributed by atoms with Crippen molar-refractivity contribution in [2.24, 2.45) is 0 Å². The molecule has 0 saturated carbocycles. The Morgan fingerprint density at radius 3 is 2.41 bits per heavy atom. The lowest BCUT2D eigenvalue weighted by Gasteiger charge is -2.27. The molecule has 2 aromatic carbocycles. The Hall–Kier alpha value is -2.05. The third-order valence-electron chi connectivity index (χ3n) is 4.91. The molecule has 27 heavy (non-hydrogen) atoms. The summed E-state index contributed by atoms with van der Waals surface area (Å²) in [7, 11) is 3.19. The van der Waals surface area contributed by atoms with E-state index in [1.165, 1.54) is 0 Å². The van der Waals surface area contributed by atoms with E-state index in [1.807, 2.05) is 43.3 Å². The number of carbonyl (C=O) groups is 1. The highest BCUT2D eigenvalue weighted by atomic mass is 79.9. The number of amides is 1. The van der Waals surface area contributed by atoms with Crippen LogP contribution in [0.3, 0.4) is 0 Å². The van der Waals surface area contributed by atoms with Crippen LogP contribution in [0.1, 0.15) is 30.0 Å². The third kappa shape index (κ3) is 4.45. The number of nitrogens with zero attached hydrogens (tertiary/aromatic N) is 1. The minimum absolute atomic E-state index is 0.0367. The average molecular weight is 433 g/mol. The van der Waals surface area contributed by atoms with Crippen molar-refractivity contribution in [3.8, 4) is 11.5 Å². The molecule has 1 amide bonds. The Kier molecular flexibility index (Phi) is 6.39. The number of carbonyl (C=O) groups excluding carboxylic acids is 1. The summed E-state index contributed by atoms with van der Waals surface area (Å²) in [4.78, 5) is 15.5. The van der Waals surface area contributed by atoms with Gasteiger partial charge in [-0.3, -0.25) is 9.69 Å². The molecule has 1 aliphatic rings. The van der Waals surface area contributed by atoms with Gasteiger partial charge in [0.1, 0.15) is 6.04 Å². The number of anilines is 1. The Morgan fingerprint density at radius 2 is 1.78 bits per heavy atom. The number of hydrogen-bond acceptors (Lipinski definition) is 4. The van der Waals surface area contributed by atoms with Crippen LogP contribution in [0.25, 0.3) is 0 Å². The van der Waals surface area contributed by atoms with Crippen molar-refractivity contribution in [2.75, 3.05) is 32.6 Å². The monoisotopic (exact) mass is 432 g/mol. The molecule has 0 aromatic heterocycles. The lowest BCUT2D eigenvalue weighted by Crippen LogP contribution is -2.35. The molecule has 1 unspecified atom stereocenters. The second kappa shape index (κ2) is 8.76. The van der Waals surface area contributed by atoms with Crippen LogP contribution in [0.2, 0.25) is 0 Å². The Labute approximate surface area is 168 Å². The lowest BCUT2D eigenvalue weighted by molar-refractivity contribution is -0.121. The molecule has 2 aromatic rings. The van der Waals surface area contributed by atoms with E-state index in [1.54, 1.807) is 14.2 Å². The zero-order valence-electron chi connectivity index (χ0n) is 15.9. The average Bonchev–Trinajstić information content (AvgIpc) is 3.17. The molecule has 0 bridgehead atoms. The van der Waals surface area contributed by atoms with Crippen LogP contribution in [-0.2, 0) is 4.79 Å². The van der Waals surface area contributed by atoms with E-state index in [0.29, 0.717) is 11.5 Å². The Bertz CT molecular complexity index is 819. The quantitative estimate of drug-likeness (QED) is 0.727. The molecular weight excluding hydrogens is 408 g/mol. The minimum Gasteiger partial charge on any atom is -0.493 e. The van der Waals surface area contributed by atoms with Crippen LogP contribution in [0.5, 0.6) is 11.5 Å². The van der Waals surface area contributed by atoms with Gasteiger partial charge in [0, 0.05) is 16.2 Å². The number of halogens is 1. The number of benzene rings is 2. The molecule has 1 saturated heterocycles. The van der Waals surface area contributed by atoms with Crippen molar-refractivity contribution in [3.63, 3.8) is 0 Å². The number of nitrogens with one attached hydrogen (secondary N) is 1. The molecule has 1 heterocycles. The maximum Gasteiger partial charge on any atom is 0.246 e. The number of methoxy groups -OCH3 is 2.